The summed E-state index contributed by atoms with van der Waals surface area (Å²) in [6.45, 7) is 9.33. The van der Waals surface area contributed by atoms with Crippen molar-refractivity contribution in [1.82, 2.24) is 9.88 Å². The lowest BCUT2D eigenvalue weighted by molar-refractivity contribution is 0.0166. The Kier molecular flexibility index (Phi) is 6.13. The van der Waals surface area contributed by atoms with Gasteiger partial charge in [0, 0.05) is 30.4 Å². The standard InChI is InChI=1S/C23H31N3O3/c1-5-28-20-19(7-6-14-25-20)17-8-10-18(11-9-17)23(24)12-15-26(16-13-23)21(27)29-22(2,3)4/h6-11,14H,5,12-13,15-16,24H2,1-4H3. The zero-order chi connectivity index (χ0) is 21.1. The second-order valence-corrected chi connectivity index (χ2v) is 8.49. The van der Waals surface area contributed by atoms with E-state index in [1.54, 1.807) is 11.1 Å². The number of nitrogens with zero attached hydrogens (tertiary/aromatic N) is 2. The molecule has 2 heterocycles. The minimum atomic E-state index is -0.489. The second-order valence-electron chi connectivity index (χ2n) is 8.49. The van der Waals surface area contributed by atoms with Crippen molar-refractivity contribution in [2.24, 2.45) is 5.73 Å². The van der Waals surface area contributed by atoms with Crippen LogP contribution in [-0.2, 0) is 10.3 Å². The molecule has 0 bridgehead atoms. The first-order valence-corrected chi connectivity index (χ1v) is 10.2. The lowest BCUT2D eigenvalue weighted by Crippen LogP contribution is -2.50. The van der Waals surface area contributed by atoms with Gasteiger partial charge in [0.1, 0.15) is 5.60 Å². The Morgan fingerprint density at radius 1 is 1.17 bits per heavy atom. The van der Waals surface area contributed by atoms with Crippen LogP contribution in [0.2, 0.25) is 0 Å². The number of amides is 1. The molecule has 156 valence electrons. The van der Waals surface area contributed by atoms with Gasteiger partial charge in [0.05, 0.1) is 6.61 Å². The van der Waals surface area contributed by atoms with Gasteiger partial charge in [-0.05, 0) is 63.8 Å². The molecule has 3 rings (SSSR count). The van der Waals surface area contributed by atoms with E-state index in [4.69, 9.17) is 15.2 Å². The Balaban J connectivity index is 1.70. The number of piperidine rings is 1. The Bertz CT molecular complexity index is 835. The highest BCUT2D eigenvalue weighted by Crippen LogP contribution is 2.34. The average molecular weight is 398 g/mol. The SMILES string of the molecule is CCOc1ncccc1-c1ccc(C2(N)CCN(C(=O)OC(C)(C)C)CC2)cc1. The van der Waals surface area contributed by atoms with Gasteiger partial charge in [-0.15, -0.1) is 0 Å². The fourth-order valence-corrected chi connectivity index (χ4v) is 3.55. The van der Waals surface area contributed by atoms with Gasteiger partial charge >= 0.3 is 6.09 Å². The van der Waals surface area contributed by atoms with E-state index in [2.05, 4.69) is 29.2 Å². The number of hydrogen-bond donors (Lipinski definition) is 1. The first-order chi connectivity index (χ1) is 13.7. The molecule has 1 aliphatic heterocycles. The number of benzene rings is 1. The zero-order valence-corrected chi connectivity index (χ0v) is 17.8. The van der Waals surface area contributed by atoms with Crippen molar-refractivity contribution < 1.29 is 14.3 Å². The number of hydrogen-bond acceptors (Lipinski definition) is 5. The first kappa shape index (κ1) is 21.1. The van der Waals surface area contributed by atoms with E-state index in [0.29, 0.717) is 38.4 Å². The summed E-state index contributed by atoms with van der Waals surface area (Å²) in [5, 5.41) is 0. The van der Waals surface area contributed by atoms with Crippen LogP contribution in [0.25, 0.3) is 11.1 Å². The molecule has 0 saturated carbocycles. The molecule has 1 fully saturated rings. The largest absolute Gasteiger partial charge is 0.478 e. The molecule has 1 aromatic carbocycles. The predicted molar refractivity (Wildman–Crippen MR) is 114 cm³/mol. The lowest BCUT2D eigenvalue weighted by Gasteiger charge is -2.40. The summed E-state index contributed by atoms with van der Waals surface area (Å²) in [6, 6.07) is 12.2. The maximum atomic E-state index is 12.3. The first-order valence-electron chi connectivity index (χ1n) is 10.2. The van der Waals surface area contributed by atoms with Crippen LogP contribution in [0.15, 0.2) is 42.6 Å². The van der Waals surface area contributed by atoms with Crippen molar-refractivity contribution in [3.8, 4) is 17.0 Å². The molecule has 0 spiro atoms. The van der Waals surface area contributed by atoms with Crippen LogP contribution in [0.1, 0.15) is 46.1 Å². The van der Waals surface area contributed by atoms with Crippen LogP contribution in [0.5, 0.6) is 5.88 Å². The van der Waals surface area contributed by atoms with Crippen LogP contribution in [0.3, 0.4) is 0 Å². The molecule has 6 nitrogen and oxygen atoms in total. The van der Waals surface area contributed by atoms with Crippen molar-refractivity contribution in [2.45, 2.75) is 51.7 Å². The summed E-state index contributed by atoms with van der Waals surface area (Å²) < 4.78 is 11.1. The lowest BCUT2D eigenvalue weighted by atomic mass is 9.81. The van der Waals surface area contributed by atoms with E-state index in [-0.39, 0.29) is 6.09 Å². The summed E-state index contributed by atoms with van der Waals surface area (Å²) in [5.74, 6) is 0.635. The summed E-state index contributed by atoms with van der Waals surface area (Å²) >= 11 is 0. The Hall–Kier alpha value is -2.60. The van der Waals surface area contributed by atoms with E-state index < -0.39 is 11.1 Å². The number of pyridine rings is 1. The van der Waals surface area contributed by atoms with Crippen molar-refractivity contribution in [1.29, 1.82) is 0 Å². The highest BCUT2D eigenvalue weighted by molar-refractivity contribution is 5.69. The second kappa shape index (κ2) is 8.41. The zero-order valence-electron chi connectivity index (χ0n) is 17.8. The van der Waals surface area contributed by atoms with Gasteiger partial charge in [-0.25, -0.2) is 9.78 Å². The van der Waals surface area contributed by atoms with Gasteiger partial charge in [-0.1, -0.05) is 24.3 Å². The molecule has 6 heteroatoms. The molecule has 29 heavy (non-hydrogen) atoms. The minimum Gasteiger partial charge on any atom is -0.478 e. The quantitative estimate of drug-likeness (QED) is 0.831. The van der Waals surface area contributed by atoms with Gasteiger partial charge in [0.25, 0.3) is 0 Å². The number of ether oxygens (including phenoxy) is 2. The normalized spacial score (nSPS) is 16.4. The number of carbonyl (C=O) groups excluding carboxylic acids is 1. The van der Waals surface area contributed by atoms with Gasteiger partial charge in [0.2, 0.25) is 5.88 Å². The predicted octanol–water partition coefficient (Wildman–Crippen LogP) is 4.33. The molecular formula is C23H31N3O3. The van der Waals surface area contributed by atoms with E-state index >= 15 is 0 Å². The Labute approximate surface area is 173 Å². The Morgan fingerprint density at radius 3 is 2.41 bits per heavy atom. The highest BCUT2D eigenvalue weighted by atomic mass is 16.6. The molecule has 1 amide bonds. The van der Waals surface area contributed by atoms with Crippen molar-refractivity contribution >= 4 is 6.09 Å². The number of nitrogens with two attached hydrogens (primary N) is 1. The molecule has 0 unspecified atom stereocenters. The molecular weight excluding hydrogens is 366 g/mol. The molecule has 2 N–H and O–H groups in total. The average Bonchev–Trinajstić information content (AvgIpc) is 2.68. The van der Waals surface area contributed by atoms with E-state index in [1.165, 1.54) is 0 Å². The van der Waals surface area contributed by atoms with E-state index in [9.17, 15) is 4.79 Å². The number of rotatable bonds is 4. The summed E-state index contributed by atoms with van der Waals surface area (Å²) in [4.78, 5) is 18.4. The fraction of sp³-hybridized carbons (Fsp3) is 0.478. The van der Waals surface area contributed by atoms with E-state index in [0.717, 1.165) is 16.7 Å². The highest BCUT2D eigenvalue weighted by Gasteiger charge is 2.35. The third-order valence-electron chi connectivity index (χ3n) is 5.13. The Morgan fingerprint density at radius 2 is 1.83 bits per heavy atom. The van der Waals surface area contributed by atoms with Gasteiger partial charge in [-0.2, -0.15) is 0 Å². The number of likely N-dealkylation sites (tertiary alicyclic amines) is 1. The molecule has 0 aliphatic carbocycles. The van der Waals surface area contributed by atoms with Gasteiger partial charge in [-0.3, -0.25) is 0 Å². The maximum Gasteiger partial charge on any atom is 0.410 e. The van der Waals surface area contributed by atoms with E-state index in [1.807, 2.05) is 39.8 Å². The molecule has 0 radical (unpaired) electrons. The smallest absolute Gasteiger partial charge is 0.410 e. The van der Waals surface area contributed by atoms with Gasteiger partial charge in [0.15, 0.2) is 0 Å². The molecule has 2 aromatic rings. The van der Waals surface area contributed by atoms with Crippen LogP contribution in [0.4, 0.5) is 4.79 Å². The number of aromatic nitrogens is 1. The number of carbonyl (C=O) groups is 1. The maximum absolute atomic E-state index is 12.3. The molecule has 0 atom stereocenters. The minimum absolute atomic E-state index is 0.269. The summed E-state index contributed by atoms with van der Waals surface area (Å²) in [5.41, 5.74) is 8.86. The summed E-state index contributed by atoms with van der Waals surface area (Å²) in [6.07, 6.45) is 2.86. The van der Waals surface area contributed by atoms with Crippen molar-refractivity contribution in [3.63, 3.8) is 0 Å². The monoisotopic (exact) mass is 397 g/mol. The van der Waals surface area contributed by atoms with Crippen LogP contribution >= 0.6 is 0 Å². The van der Waals surface area contributed by atoms with Crippen molar-refractivity contribution in [2.75, 3.05) is 19.7 Å². The van der Waals surface area contributed by atoms with Crippen molar-refractivity contribution in [3.05, 3.63) is 48.2 Å². The molecule has 1 saturated heterocycles. The van der Waals surface area contributed by atoms with Crippen LogP contribution < -0.4 is 10.5 Å². The molecule has 1 aromatic heterocycles. The third-order valence-corrected chi connectivity index (χ3v) is 5.13. The van der Waals surface area contributed by atoms with Crippen LogP contribution in [-0.4, -0.2) is 41.3 Å². The fourth-order valence-electron chi connectivity index (χ4n) is 3.55. The molecule has 1 aliphatic rings. The van der Waals surface area contributed by atoms with Gasteiger partial charge < -0.3 is 20.1 Å². The topological polar surface area (TPSA) is 77.7 Å². The van der Waals surface area contributed by atoms with Crippen LogP contribution in [0, 0.1) is 0 Å². The third kappa shape index (κ3) is 5.07. The summed E-state index contributed by atoms with van der Waals surface area (Å²) in [7, 11) is 0.